The van der Waals surface area contributed by atoms with Gasteiger partial charge < -0.3 is 9.88 Å². The summed E-state index contributed by atoms with van der Waals surface area (Å²) in [6.45, 7) is 2.86. The lowest BCUT2D eigenvalue weighted by Crippen LogP contribution is -2.50. The van der Waals surface area contributed by atoms with E-state index in [2.05, 4.69) is 4.98 Å². The molecule has 6 nitrogen and oxygen atoms in total. The Hall–Kier alpha value is -2.06. The number of sulfonamides is 1. The van der Waals surface area contributed by atoms with Gasteiger partial charge in [-0.25, -0.2) is 8.42 Å². The van der Waals surface area contributed by atoms with Crippen LogP contribution in [-0.4, -0.2) is 54.7 Å². The van der Waals surface area contributed by atoms with E-state index in [1.54, 1.807) is 17.0 Å². The number of aromatic amines is 1. The number of nitrogens with zero attached hydrogens (tertiary/aromatic N) is 2. The van der Waals surface area contributed by atoms with Gasteiger partial charge in [-0.05, 0) is 25.1 Å². The average Bonchev–Trinajstić information content (AvgIpc) is 3.05. The maximum absolute atomic E-state index is 13.1. The number of para-hydroxylation sites is 1. The highest BCUT2D eigenvalue weighted by Crippen LogP contribution is 2.31. The Kier molecular flexibility index (Phi) is 5.33. The molecular weight excluding hydrogens is 433 g/mol. The van der Waals surface area contributed by atoms with Gasteiger partial charge in [0.2, 0.25) is 10.0 Å². The Bertz CT molecular complexity index is 1200. The summed E-state index contributed by atoms with van der Waals surface area (Å²) in [5.41, 5.74) is 2.34. The second-order valence-corrected chi connectivity index (χ2v) is 9.61. The first-order chi connectivity index (χ1) is 13.8. The normalized spacial score (nSPS) is 15.8. The molecule has 2 aromatic carbocycles. The number of H-pyrrole nitrogens is 1. The summed E-state index contributed by atoms with van der Waals surface area (Å²) < 4.78 is 27.3. The third-order valence-corrected chi connectivity index (χ3v) is 8.04. The van der Waals surface area contributed by atoms with Crippen LogP contribution in [0, 0.1) is 6.92 Å². The summed E-state index contributed by atoms with van der Waals surface area (Å²) in [5.74, 6) is -0.0993. The van der Waals surface area contributed by atoms with Gasteiger partial charge in [0.1, 0.15) is 4.90 Å². The van der Waals surface area contributed by atoms with Crippen LogP contribution in [0.2, 0.25) is 10.0 Å². The number of benzene rings is 2. The quantitative estimate of drug-likeness (QED) is 0.655. The van der Waals surface area contributed by atoms with E-state index in [0.717, 1.165) is 16.6 Å². The maximum Gasteiger partial charge on any atom is 0.256 e. The summed E-state index contributed by atoms with van der Waals surface area (Å²) in [6.07, 6.45) is 0. The topological polar surface area (TPSA) is 73.5 Å². The number of carbonyl (C=O) groups excluding carboxylic acids is 1. The van der Waals surface area contributed by atoms with Crippen LogP contribution in [0.3, 0.4) is 0 Å². The number of aryl methyl sites for hydroxylation is 1. The molecule has 0 atom stereocenters. The zero-order valence-electron chi connectivity index (χ0n) is 15.7. The van der Waals surface area contributed by atoms with Gasteiger partial charge >= 0.3 is 0 Å². The highest BCUT2D eigenvalue weighted by atomic mass is 35.5. The number of hydrogen-bond acceptors (Lipinski definition) is 3. The van der Waals surface area contributed by atoms with Crippen LogP contribution in [0.15, 0.2) is 47.4 Å². The van der Waals surface area contributed by atoms with Crippen molar-refractivity contribution in [3.63, 3.8) is 0 Å². The lowest BCUT2D eigenvalue weighted by molar-refractivity contribution is 0.0699. The first-order valence-electron chi connectivity index (χ1n) is 9.11. The molecule has 152 valence electrons. The van der Waals surface area contributed by atoms with Crippen molar-refractivity contribution >= 4 is 50.0 Å². The zero-order valence-corrected chi connectivity index (χ0v) is 18.0. The summed E-state index contributed by atoms with van der Waals surface area (Å²) in [4.78, 5) is 18.0. The molecule has 1 aromatic heterocycles. The van der Waals surface area contributed by atoms with Gasteiger partial charge in [0.05, 0.1) is 15.6 Å². The molecule has 1 fully saturated rings. The maximum atomic E-state index is 13.1. The monoisotopic (exact) mass is 451 g/mol. The van der Waals surface area contributed by atoms with Gasteiger partial charge in [-0.2, -0.15) is 4.31 Å². The first kappa shape index (κ1) is 20.2. The molecule has 29 heavy (non-hydrogen) atoms. The van der Waals surface area contributed by atoms with E-state index in [1.807, 2.05) is 31.2 Å². The Balaban J connectivity index is 1.54. The van der Waals surface area contributed by atoms with Crippen LogP contribution in [0.4, 0.5) is 0 Å². The van der Waals surface area contributed by atoms with Crippen LogP contribution in [0.5, 0.6) is 0 Å². The molecule has 9 heteroatoms. The molecule has 0 radical (unpaired) electrons. The summed E-state index contributed by atoms with van der Waals surface area (Å²) in [5, 5.41) is 1.08. The molecule has 1 aliphatic rings. The predicted molar refractivity (Wildman–Crippen MR) is 114 cm³/mol. The lowest BCUT2D eigenvalue weighted by atomic mass is 10.1. The standard InChI is InChI=1S/C20H19Cl2N3O3S/c1-13-18(14-5-2-3-7-16(14)23-13)20(26)24-9-11-25(12-10-24)29(27,28)17-8-4-6-15(21)19(17)22/h2-8,23H,9-12H2,1H3. The van der Waals surface area contributed by atoms with Crippen molar-refractivity contribution in [2.75, 3.05) is 26.2 Å². The van der Waals surface area contributed by atoms with Gasteiger partial charge in [0.25, 0.3) is 5.91 Å². The number of aromatic nitrogens is 1. The van der Waals surface area contributed by atoms with Crippen LogP contribution in [0.25, 0.3) is 10.9 Å². The minimum absolute atomic E-state index is 0.0149. The van der Waals surface area contributed by atoms with E-state index in [-0.39, 0.29) is 33.9 Å². The van der Waals surface area contributed by atoms with Gasteiger partial charge in [-0.3, -0.25) is 4.79 Å². The first-order valence-corrected chi connectivity index (χ1v) is 11.3. The number of piperazine rings is 1. The van der Waals surface area contributed by atoms with E-state index < -0.39 is 10.0 Å². The number of fused-ring (bicyclic) bond motifs is 1. The number of hydrogen-bond donors (Lipinski definition) is 1. The van der Waals surface area contributed by atoms with E-state index in [1.165, 1.54) is 10.4 Å². The minimum atomic E-state index is -3.79. The predicted octanol–water partition coefficient (Wildman–Crippen LogP) is 3.93. The zero-order chi connectivity index (χ0) is 20.8. The van der Waals surface area contributed by atoms with Crippen LogP contribution in [0.1, 0.15) is 16.1 Å². The van der Waals surface area contributed by atoms with Crippen molar-refractivity contribution in [1.29, 1.82) is 0 Å². The number of rotatable bonds is 3. The van der Waals surface area contributed by atoms with Crippen LogP contribution < -0.4 is 0 Å². The van der Waals surface area contributed by atoms with Crippen molar-refractivity contribution in [2.24, 2.45) is 0 Å². The van der Waals surface area contributed by atoms with Gasteiger partial charge in [-0.15, -0.1) is 0 Å². The Morgan fingerprint density at radius 3 is 2.41 bits per heavy atom. The summed E-state index contributed by atoms with van der Waals surface area (Å²) in [6, 6.07) is 12.2. The third-order valence-electron chi connectivity index (χ3n) is 5.17. The smallest absolute Gasteiger partial charge is 0.256 e. The van der Waals surface area contributed by atoms with Crippen molar-refractivity contribution in [3.05, 3.63) is 63.8 Å². The van der Waals surface area contributed by atoms with E-state index >= 15 is 0 Å². The third kappa shape index (κ3) is 3.53. The number of carbonyl (C=O) groups is 1. The van der Waals surface area contributed by atoms with Crippen molar-refractivity contribution in [3.8, 4) is 0 Å². The molecule has 3 aromatic rings. The highest BCUT2D eigenvalue weighted by Gasteiger charge is 2.33. The fourth-order valence-corrected chi connectivity index (χ4v) is 5.82. The molecule has 1 saturated heterocycles. The molecule has 2 heterocycles. The van der Waals surface area contributed by atoms with Gasteiger partial charge in [-0.1, -0.05) is 47.5 Å². The number of halogens is 2. The molecule has 0 unspecified atom stereocenters. The van der Waals surface area contributed by atoms with Gasteiger partial charge in [0, 0.05) is 42.8 Å². The second-order valence-electron chi connectivity index (χ2n) is 6.92. The van der Waals surface area contributed by atoms with Crippen molar-refractivity contribution < 1.29 is 13.2 Å². The molecule has 0 aliphatic carbocycles. The minimum Gasteiger partial charge on any atom is -0.358 e. The Morgan fingerprint density at radius 1 is 1.00 bits per heavy atom. The fraction of sp³-hybridized carbons (Fsp3) is 0.250. The SMILES string of the molecule is Cc1[nH]c2ccccc2c1C(=O)N1CCN(S(=O)(=O)c2cccc(Cl)c2Cl)CC1. The fourth-order valence-electron chi connectivity index (χ4n) is 3.66. The molecule has 1 N–H and O–H groups in total. The Morgan fingerprint density at radius 2 is 1.69 bits per heavy atom. The van der Waals surface area contributed by atoms with Crippen LogP contribution >= 0.6 is 23.2 Å². The molecule has 1 amide bonds. The van der Waals surface area contributed by atoms with Crippen molar-refractivity contribution in [2.45, 2.75) is 11.8 Å². The second kappa shape index (κ2) is 7.65. The van der Waals surface area contributed by atoms with Crippen LogP contribution in [-0.2, 0) is 10.0 Å². The number of amides is 1. The molecule has 4 rings (SSSR count). The average molecular weight is 452 g/mol. The largest absolute Gasteiger partial charge is 0.358 e. The highest BCUT2D eigenvalue weighted by molar-refractivity contribution is 7.89. The van der Waals surface area contributed by atoms with E-state index in [0.29, 0.717) is 18.7 Å². The van der Waals surface area contributed by atoms with E-state index in [4.69, 9.17) is 23.2 Å². The summed E-state index contributed by atoms with van der Waals surface area (Å²) in [7, 11) is -3.79. The molecule has 0 spiro atoms. The molecule has 0 bridgehead atoms. The molecular formula is C20H19Cl2N3O3S. The van der Waals surface area contributed by atoms with E-state index in [9.17, 15) is 13.2 Å². The number of nitrogens with one attached hydrogen (secondary N) is 1. The lowest BCUT2D eigenvalue weighted by Gasteiger charge is -2.34. The summed E-state index contributed by atoms with van der Waals surface area (Å²) >= 11 is 12.1. The van der Waals surface area contributed by atoms with Crippen molar-refractivity contribution in [1.82, 2.24) is 14.2 Å². The molecule has 0 saturated carbocycles. The molecule has 1 aliphatic heterocycles. The van der Waals surface area contributed by atoms with Gasteiger partial charge in [0.15, 0.2) is 0 Å². The Labute approximate surface area is 179 Å².